The lowest BCUT2D eigenvalue weighted by Crippen LogP contribution is -2.68. The Balaban J connectivity index is 1.36. The van der Waals surface area contributed by atoms with Crippen LogP contribution in [0.2, 0.25) is 5.82 Å². The number of aromatic nitrogens is 4. The smallest absolute Gasteiger partial charge is 0.227 e. The Bertz CT molecular complexity index is 1120. The zero-order valence-electron chi connectivity index (χ0n) is 18.3. The predicted octanol–water partition coefficient (Wildman–Crippen LogP) is 3.00. The van der Waals surface area contributed by atoms with Crippen LogP contribution in [-0.2, 0) is 0 Å². The van der Waals surface area contributed by atoms with Crippen LogP contribution in [0.1, 0.15) is 31.4 Å². The molecule has 3 aromatic rings. The number of methoxy groups -OCH3 is 1. The molecule has 5 atom stereocenters. The van der Waals surface area contributed by atoms with Crippen molar-refractivity contribution in [3.63, 3.8) is 0 Å². The molecule has 0 radical (unpaired) electrons. The van der Waals surface area contributed by atoms with Gasteiger partial charge in [0, 0.05) is 42.3 Å². The average molecular weight is 417 g/mol. The highest BCUT2D eigenvalue weighted by Gasteiger charge is 2.52. The summed E-state index contributed by atoms with van der Waals surface area (Å²) in [5.74, 6) is 3.96. The molecule has 4 aliphatic rings. The van der Waals surface area contributed by atoms with Gasteiger partial charge in [-0.1, -0.05) is 6.42 Å². The van der Waals surface area contributed by atoms with Gasteiger partial charge in [-0.2, -0.15) is 10.1 Å². The maximum Gasteiger partial charge on any atom is 0.227 e. The minimum absolute atomic E-state index is 0.470. The van der Waals surface area contributed by atoms with Gasteiger partial charge < -0.3 is 19.8 Å². The van der Waals surface area contributed by atoms with Crippen LogP contribution in [0.5, 0.6) is 5.75 Å². The van der Waals surface area contributed by atoms with Gasteiger partial charge in [-0.05, 0) is 50.2 Å². The Kier molecular flexibility index (Phi) is 4.35. The zero-order chi connectivity index (χ0) is 21.1. The van der Waals surface area contributed by atoms with E-state index in [0.29, 0.717) is 6.04 Å². The van der Waals surface area contributed by atoms with Crippen LogP contribution >= 0.6 is 0 Å². The Morgan fingerprint density at radius 2 is 2.13 bits per heavy atom. The second-order valence-corrected chi connectivity index (χ2v) is 9.31. The molecule has 2 aromatic heterocycles. The van der Waals surface area contributed by atoms with E-state index in [9.17, 15) is 0 Å². The van der Waals surface area contributed by atoms with Gasteiger partial charge in [0.1, 0.15) is 11.6 Å². The number of benzene rings is 1. The summed E-state index contributed by atoms with van der Waals surface area (Å²) in [5, 5.41) is 11.7. The Morgan fingerprint density at radius 3 is 2.87 bits per heavy atom. The third-order valence-electron chi connectivity index (χ3n) is 7.52. The SMILES string of the molecule is COc1ccc2c(Nc3cc(C)[nH]n3)nc(N(C)[C@H]3C[C@@H]4CCC5BN4[C@H]5C3)nc2c1. The van der Waals surface area contributed by atoms with Crippen LogP contribution in [0.15, 0.2) is 24.3 Å². The van der Waals surface area contributed by atoms with Gasteiger partial charge in [0.15, 0.2) is 5.82 Å². The molecule has 4 fully saturated rings. The summed E-state index contributed by atoms with van der Waals surface area (Å²) in [6, 6.07) is 9.85. The fourth-order valence-electron chi connectivity index (χ4n) is 5.77. The average Bonchev–Trinajstić information content (AvgIpc) is 3.19. The quantitative estimate of drug-likeness (QED) is 0.618. The molecule has 7 rings (SSSR count). The normalized spacial score (nSPS) is 28.5. The van der Waals surface area contributed by atoms with Gasteiger partial charge in [-0.3, -0.25) is 5.10 Å². The molecule has 31 heavy (non-hydrogen) atoms. The number of aryl methyl sites for hydroxylation is 1. The molecule has 9 heteroatoms. The summed E-state index contributed by atoms with van der Waals surface area (Å²) in [6.07, 6.45) is 5.15. The Morgan fingerprint density at radius 1 is 1.23 bits per heavy atom. The number of piperidine rings is 2. The molecule has 0 aliphatic carbocycles. The highest BCUT2D eigenvalue weighted by Crippen LogP contribution is 2.48. The van der Waals surface area contributed by atoms with Crippen LogP contribution in [0.25, 0.3) is 10.9 Å². The monoisotopic (exact) mass is 417 g/mol. The summed E-state index contributed by atoms with van der Waals surface area (Å²) in [6.45, 7) is 1.99. The van der Waals surface area contributed by atoms with Crippen molar-refractivity contribution in [2.75, 3.05) is 24.4 Å². The van der Waals surface area contributed by atoms with Crippen molar-refractivity contribution in [2.24, 2.45) is 0 Å². The number of nitrogens with one attached hydrogen (secondary N) is 2. The van der Waals surface area contributed by atoms with E-state index < -0.39 is 0 Å². The lowest BCUT2D eigenvalue weighted by molar-refractivity contribution is 0.0631. The number of rotatable bonds is 5. The molecule has 0 saturated carbocycles. The summed E-state index contributed by atoms with van der Waals surface area (Å²) in [7, 11) is 5.15. The van der Waals surface area contributed by atoms with Crippen LogP contribution in [0.4, 0.5) is 17.6 Å². The van der Waals surface area contributed by atoms with E-state index in [1.165, 1.54) is 33.1 Å². The lowest BCUT2D eigenvalue weighted by atomic mass is 9.49. The predicted molar refractivity (Wildman–Crippen MR) is 124 cm³/mol. The maximum atomic E-state index is 5.45. The van der Waals surface area contributed by atoms with Crippen molar-refractivity contribution in [1.29, 1.82) is 0 Å². The number of hydrogen-bond acceptors (Lipinski definition) is 7. The first-order valence-corrected chi connectivity index (χ1v) is 11.2. The molecule has 1 aromatic carbocycles. The summed E-state index contributed by atoms with van der Waals surface area (Å²) < 4.78 is 5.45. The molecule has 8 nitrogen and oxygen atoms in total. The number of anilines is 3. The van der Waals surface area contributed by atoms with Gasteiger partial charge in [-0.25, -0.2) is 4.98 Å². The number of ether oxygens (including phenoxy) is 1. The molecular formula is C22H28BN7O. The summed E-state index contributed by atoms with van der Waals surface area (Å²) >= 11 is 0. The Labute approximate surface area is 182 Å². The first kappa shape index (κ1) is 18.9. The zero-order valence-corrected chi connectivity index (χ0v) is 18.3. The molecule has 0 amide bonds. The van der Waals surface area contributed by atoms with Gasteiger partial charge >= 0.3 is 0 Å². The summed E-state index contributed by atoms with van der Waals surface area (Å²) in [5.41, 5.74) is 1.87. The van der Waals surface area contributed by atoms with Gasteiger partial charge in [0.2, 0.25) is 13.4 Å². The largest absolute Gasteiger partial charge is 0.497 e. The minimum Gasteiger partial charge on any atom is -0.497 e. The number of hydrogen-bond donors (Lipinski definition) is 2. The molecular weight excluding hydrogens is 389 g/mol. The van der Waals surface area contributed by atoms with E-state index in [0.717, 1.165) is 57.8 Å². The maximum absolute atomic E-state index is 5.45. The lowest BCUT2D eigenvalue weighted by Gasteiger charge is -2.62. The van der Waals surface area contributed by atoms with Gasteiger partial charge in [-0.15, -0.1) is 0 Å². The van der Waals surface area contributed by atoms with Gasteiger partial charge in [0.25, 0.3) is 0 Å². The molecule has 4 bridgehead atoms. The first-order valence-electron chi connectivity index (χ1n) is 11.2. The van der Waals surface area contributed by atoms with E-state index >= 15 is 0 Å². The van der Waals surface area contributed by atoms with E-state index in [4.69, 9.17) is 14.7 Å². The molecule has 2 N–H and O–H groups in total. The van der Waals surface area contributed by atoms with Crippen molar-refractivity contribution >= 4 is 35.9 Å². The number of H-pyrrole nitrogens is 1. The number of nitrogens with zero attached hydrogens (tertiary/aromatic N) is 5. The van der Waals surface area contributed by atoms with E-state index in [-0.39, 0.29) is 0 Å². The van der Waals surface area contributed by atoms with E-state index in [2.05, 4.69) is 32.3 Å². The highest BCUT2D eigenvalue weighted by atomic mass is 16.5. The van der Waals surface area contributed by atoms with Crippen LogP contribution in [0.3, 0.4) is 0 Å². The van der Waals surface area contributed by atoms with Gasteiger partial charge in [0.05, 0.1) is 12.6 Å². The van der Waals surface area contributed by atoms with Crippen molar-refractivity contribution < 1.29 is 4.74 Å². The third-order valence-corrected chi connectivity index (χ3v) is 7.52. The topological polar surface area (TPSA) is 82.2 Å². The number of fused-ring (bicyclic) bond motifs is 2. The molecule has 4 saturated heterocycles. The molecule has 6 heterocycles. The van der Waals surface area contributed by atoms with Crippen molar-refractivity contribution in [2.45, 2.75) is 56.5 Å². The van der Waals surface area contributed by atoms with Crippen molar-refractivity contribution in [3.8, 4) is 5.75 Å². The van der Waals surface area contributed by atoms with Crippen LogP contribution < -0.4 is 15.0 Å². The van der Waals surface area contributed by atoms with Crippen LogP contribution in [0, 0.1) is 6.92 Å². The van der Waals surface area contributed by atoms with E-state index in [1.54, 1.807) is 7.11 Å². The summed E-state index contributed by atoms with van der Waals surface area (Å²) in [4.78, 5) is 14.9. The molecule has 4 aliphatic heterocycles. The van der Waals surface area contributed by atoms with E-state index in [1.807, 2.05) is 31.2 Å². The fraction of sp³-hybridized carbons (Fsp3) is 0.500. The molecule has 0 spiro atoms. The Hall–Kier alpha value is -2.81. The minimum atomic E-state index is 0.470. The van der Waals surface area contributed by atoms with Crippen molar-refractivity contribution in [1.82, 2.24) is 25.0 Å². The number of aromatic amines is 1. The second kappa shape index (κ2) is 7.12. The second-order valence-electron chi connectivity index (χ2n) is 9.31. The standard InChI is InChI=1S/C22H28BN7O/c1-12-8-20(28-27-12)25-21-16-6-5-15(31-3)11-18(16)24-22(26-21)29(2)14-9-13-4-7-17-19(10-14)30(13)23-17/h5-6,8,11,13-14,17,19,23H,4,7,9-10H2,1-3H3,(H2,24,25,26,27,28)/t13-,14-,17?,19-/m0/s1. The highest BCUT2D eigenvalue weighted by molar-refractivity contribution is 6.39. The molecule has 2 unspecified atom stereocenters. The van der Waals surface area contributed by atoms with Crippen molar-refractivity contribution in [3.05, 3.63) is 30.0 Å². The molecule has 160 valence electrons. The van der Waals surface area contributed by atoms with Crippen LogP contribution in [-0.4, -0.2) is 64.7 Å². The third kappa shape index (κ3) is 3.14. The fourth-order valence-corrected chi connectivity index (χ4v) is 5.77. The first-order chi connectivity index (χ1) is 15.1.